The Morgan fingerprint density at radius 1 is 1.11 bits per heavy atom. The highest BCUT2D eigenvalue weighted by Gasteiger charge is 2.28. The smallest absolute Gasteiger partial charge is 0.251 e. The van der Waals surface area contributed by atoms with Gasteiger partial charge in [-0.2, -0.15) is 0 Å². The minimum absolute atomic E-state index is 0.171. The van der Waals surface area contributed by atoms with Gasteiger partial charge in [-0.25, -0.2) is 9.97 Å². The summed E-state index contributed by atoms with van der Waals surface area (Å²) in [5, 5.41) is 6.52. The van der Waals surface area contributed by atoms with Gasteiger partial charge in [-0.05, 0) is 61.1 Å². The highest BCUT2D eigenvalue weighted by molar-refractivity contribution is 7.09. The molecule has 0 aliphatic heterocycles. The van der Waals surface area contributed by atoms with Gasteiger partial charge in [-0.15, -0.1) is 11.3 Å². The Balaban J connectivity index is 1.34. The number of aromatic nitrogens is 3. The number of hydrogen-bond acceptors (Lipinski definition) is 6. The average molecular weight is 518 g/mol. The number of pyridine rings is 2. The van der Waals surface area contributed by atoms with Crippen LogP contribution in [0.1, 0.15) is 62.3 Å². The third-order valence-corrected chi connectivity index (χ3v) is 7.59. The van der Waals surface area contributed by atoms with Crippen LogP contribution in [0.15, 0.2) is 66.3 Å². The molecule has 1 aliphatic carbocycles. The van der Waals surface area contributed by atoms with E-state index in [4.69, 9.17) is 21.6 Å². The van der Waals surface area contributed by atoms with Gasteiger partial charge < -0.3 is 5.32 Å². The van der Waals surface area contributed by atoms with E-state index in [0.29, 0.717) is 17.3 Å². The molecule has 0 spiro atoms. The predicted molar refractivity (Wildman–Crippen MR) is 143 cm³/mol. The fourth-order valence-electron chi connectivity index (χ4n) is 4.77. The van der Waals surface area contributed by atoms with Crippen LogP contribution in [0.5, 0.6) is 0 Å². The Kier molecular flexibility index (Phi) is 7.70. The largest absolute Gasteiger partial charge is 0.348 e. The standard InChI is InChI=1S/C28H28ClN5OS/c1-19-18-36-26(33-19)17-34(24-9-3-7-22-8-4-11-31-27(22)24)16-21-6-2-5-20(13-21)15-32-28(35)23-10-12-30-25(29)14-23/h2,4-6,8,10-14,18,24H,3,7,9,15-17H2,1H3,(H,32,35). The van der Waals surface area contributed by atoms with Crippen molar-refractivity contribution < 1.29 is 4.79 Å². The molecular formula is C28H28ClN5OS. The number of rotatable bonds is 8. The number of nitrogens with zero attached hydrogens (tertiary/aromatic N) is 4. The summed E-state index contributed by atoms with van der Waals surface area (Å²) in [6.45, 7) is 4.04. The lowest BCUT2D eigenvalue weighted by molar-refractivity contribution is 0.0950. The van der Waals surface area contributed by atoms with Crippen LogP contribution in [0.25, 0.3) is 0 Å². The Morgan fingerprint density at radius 3 is 2.83 bits per heavy atom. The zero-order valence-electron chi connectivity index (χ0n) is 20.2. The van der Waals surface area contributed by atoms with Gasteiger partial charge in [0, 0.05) is 42.1 Å². The molecule has 36 heavy (non-hydrogen) atoms. The molecule has 6 nitrogen and oxygen atoms in total. The molecule has 1 aliphatic rings. The molecule has 0 saturated heterocycles. The van der Waals surface area contributed by atoms with Gasteiger partial charge in [-0.3, -0.25) is 14.7 Å². The quantitative estimate of drug-likeness (QED) is 0.294. The van der Waals surface area contributed by atoms with Gasteiger partial charge in [0.15, 0.2) is 0 Å². The molecule has 3 heterocycles. The second-order valence-electron chi connectivity index (χ2n) is 9.11. The van der Waals surface area contributed by atoms with E-state index in [1.54, 1.807) is 23.5 Å². The van der Waals surface area contributed by atoms with Crippen molar-refractivity contribution in [3.8, 4) is 0 Å². The molecule has 1 N–H and O–H groups in total. The lowest BCUT2D eigenvalue weighted by Gasteiger charge is -2.34. The highest BCUT2D eigenvalue weighted by atomic mass is 35.5. The maximum atomic E-state index is 12.5. The molecule has 0 saturated carbocycles. The number of carbonyl (C=O) groups excluding carboxylic acids is 1. The van der Waals surface area contributed by atoms with Crippen molar-refractivity contribution in [3.63, 3.8) is 0 Å². The summed E-state index contributed by atoms with van der Waals surface area (Å²) >= 11 is 7.64. The molecular weight excluding hydrogens is 490 g/mol. The molecule has 1 amide bonds. The van der Waals surface area contributed by atoms with Crippen molar-refractivity contribution >= 4 is 28.8 Å². The monoisotopic (exact) mass is 517 g/mol. The SMILES string of the molecule is Cc1csc(CN(Cc2cccc(CNC(=O)c3ccnc(Cl)c3)c2)C2CCCc3cccnc32)n1. The van der Waals surface area contributed by atoms with Crippen molar-refractivity contribution in [3.05, 3.63) is 110 Å². The molecule has 4 aromatic rings. The first kappa shape index (κ1) is 24.6. The van der Waals surface area contributed by atoms with E-state index in [2.05, 4.69) is 44.8 Å². The van der Waals surface area contributed by atoms with Crippen LogP contribution in [0.3, 0.4) is 0 Å². The van der Waals surface area contributed by atoms with Gasteiger partial charge in [0.05, 0.1) is 18.3 Å². The van der Waals surface area contributed by atoms with Crippen molar-refractivity contribution in [2.75, 3.05) is 0 Å². The molecule has 0 fully saturated rings. The Hall–Kier alpha value is -3.13. The number of carbonyl (C=O) groups is 1. The van der Waals surface area contributed by atoms with Gasteiger partial charge >= 0.3 is 0 Å². The minimum Gasteiger partial charge on any atom is -0.348 e. The summed E-state index contributed by atoms with van der Waals surface area (Å²) in [6, 6.07) is 16.1. The second-order valence-corrected chi connectivity index (χ2v) is 10.4. The normalized spacial score (nSPS) is 15.0. The van der Waals surface area contributed by atoms with E-state index in [9.17, 15) is 4.79 Å². The molecule has 1 aromatic carbocycles. The van der Waals surface area contributed by atoms with Crippen molar-refractivity contribution in [2.24, 2.45) is 0 Å². The molecule has 0 bridgehead atoms. The third-order valence-electron chi connectivity index (χ3n) is 6.43. The molecule has 0 radical (unpaired) electrons. The van der Waals surface area contributed by atoms with E-state index in [-0.39, 0.29) is 11.9 Å². The number of thiazole rings is 1. The average Bonchev–Trinajstić information content (AvgIpc) is 3.31. The molecule has 5 rings (SSSR count). The van der Waals surface area contributed by atoms with Crippen molar-refractivity contribution in [2.45, 2.75) is 51.9 Å². The number of benzene rings is 1. The maximum absolute atomic E-state index is 12.5. The van der Waals surface area contributed by atoms with Crippen LogP contribution >= 0.6 is 22.9 Å². The van der Waals surface area contributed by atoms with E-state index < -0.39 is 0 Å². The van der Waals surface area contributed by atoms with Gasteiger partial charge in [0.2, 0.25) is 0 Å². The van der Waals surface area contributed by atoms with Crippen LogP contribution in [0, 0.1) is 6.92 Å². The number of amides is 1. The highest BCUT2D eigenvalue weighted by Crippen LogP contribution is 2.35. The predicted octanol–water partition coefficient (Wildman–Crippen LogP) is 5.90. The first-order valence-corrected chi connectivity index (χ1v) is 13.4. The first-order valence-electron chi connectivity index (χ1n) is 12.1. The van der Waals surface area contributed by atoms with Crippen LogP contribution in [-0.2, 0) is 26.1 Å². The summed E-state index contributed by atoms with van der Waals surface area (Å²) in [5.41, 5.74) is 6.35. The van der Waals surface area contributed by atoms with Gasteiger partial charge in [-0.1, -0.05) is 41.9 Å². The summed E-state index contributed by atoms with van der Waals surface area (Å²) < 4.78 is 0. The van der Waals surface area contributed by atoms with E-state index in [1.165, 1.54) is 23.0 Å². The number of aryl methyl sites for hydroxylation is 2. The molecule has 1 unspecified atom stereocenters. The third kappa shape index (κ3) is 5.98. The van der Waals surface area contributed by atoms with Crippen LogP contribution < -0.4 is 5.32 Å². The number of fused-ring (bicyclic) bond motifs is 1. The molecule has 1 atom stereocenters. The van der Waals surface area contributed by atoms with Crippen LogP contribution in [0.4, 0.5) is 0 Å². The fourth-order valence-corrected chi connectivity index (χ4v) is 5.74. The zero-order valence-corrected chi connectivity index (χ0v) is 21.7. The summed E-state index contributed by atoms with van der Waals surface area (Å²) in [5.74, 6) is -0.171. The molecule has 3 aromatic heterocycles. The Bertz CT molecular complexity index is 1360. The zero-order chi connectivity index (χ0) is 24.9. The van der Waals surface area contributed by atoms with E-state index in [1.807, 2.05) is 25.3 Å². The second kappa shape index (κ2) is 11.3. The van der Waals surface area contributed by atoms with Crippen LogP contribution in [-0.4, -0.2) is 25.8 Å². The van der Waals surface area contributed by atoms with E-state index in [0.717, 1.165) is 48.6 Å². The lowest BCUT2D eigenvalue weighted by atomic mass is 9.90. The first-order chi connectivity index (χ1) is 17.5. The lowest BCUT2D eigenvalue weighted by Crippen LogP contribution is -2.31. The number of hydrogen-bond donors (Lipinski definition) is 1. The summed E-state index contributed by atoms with van der Waals surface area (Å²) in [4.78, 5) is 28.5. The number of halogens is 1. The van der Waals surface area contributed by atoms with Gasteiger partial charge in [0.1, 0.15) is 10.2 Å². The topological polar surface area (TPSA) is 71.0 Å². The summed E-state index contributed by atoms with van der Waals surface area (Å²) in [7, 11) is 0. The van der Waals surface area contributed by atoms with Crippen molar-refractivity contribution in [1.82, 2.24) is 25.2 Å². The Morgan fingerprint density at radius 2 is 2.00 bits per heavy atom. The van der Waals surface area contributed by atoms with E-state index >= 15 is 0 Å². The van der Waals surface area contributed by atoms with Gasteiger partial charge in [0.25, 0.3) is 5.91 Å². The number of nitrogens with one attached hydrogen (secondary N) is 1. The van der Waals surface area contributed by atoms with Crippen LogP contribution in [0.2, 0.25) is 5.15 Å². The molecule has 8 heteroatoms. The fraction of sp³-hybridized carbons (Fsp3) is 0.286. The van der Waals surface area contributed by atoms with Crippen molar-refractivity contribution in [1.29, 1.82) is 0 Å². The Labute approximate surface area is 220 Å². The minimum atomic E-state index is -0.171. The summed E-state index contributed by atoms with van der Waals surface area (Å²) in [6.07, 6.45) is 6.76. The molecule has 184 valence electrons. The maximum Gasteiger partial charge on any atom is 0.251 e.